The molecule has 1 unspecified atom stereocenters. The fourth-order valence-corrected chi connectivity index (χ4v) is 5.18. The van der Waals surface area contributed by atoms with E-state index in [0.29, 0.717) is 5.92 Å². The molecular weight excluding hydrogens is 384 g/mol. The van der Waals surface area contributed by atoms with Gasteiger partial charge in [0.05, 0.1) is 0 Å². The normalized spacial score (nSPS) is 16.2. The molecule has 0 heteroatoms. The predicted molar refractivity (Wildman–Crippen MR) is 136 cm³/mol. The summed E-state index contributed by atoms with van der Waals surface area (Å²) in [6, 6.07) is 35.4. The van der Waals surface area contributed by atoms with E-state index in [1.807, 2.05) is 0 Å². The van der Waals surface area contributed by atoms with Crippen LogP contribution in [-0.4, -0.2) is 0 Å². The predicted octanol–water partition coefficient (Wildman–Crippen LogP) is 8.58. The first kappa shape index (κ1) is 18.8. The quantitative estimate of drug-likeness (QED) is 0.318. The molecule has 2 aliphatic carbocycles. The SMILES string of the molecule is C1=CC=C(C2c3ccccc3-c3cccc(-c4ccc(-c5ccccc5)cc4)c32)CC=C1. The number of hydrogen-bond donors (Lipinski definition) is 0. The Morgan fingerprint density at radius 2 is 1.19 bits per heavy atom. The first-order valence-corrected chi connectivity index (χ1v) is 11.3. The van der Waals surface area contributed by atoms with Crippen molar-refractivity contribution < 1.29 is 0 Å². The van der Waals surface area contributed by atoms with E-state index >= 15 is 0 Å². The van der Waals surface area contributed by atoms with Gasteiger partial charge in [0.25, 0.3) is 0 Å². The molecule has 0 heterocycles. The van der Waals surface area contributed by atoms with Gasteiger partial charge in [-0.25, -0.2) is 0 Å². The Balaban J connectivity index is 1.50. The molecule has 4 aromatic carbocycles. The van der Waals surface area contributed by atoms with E-state index < -0.39 is 0 Å². The van der Waals surface area contributed by atoms with Crippen LogP contribution in [0.5, 0.6) is 0 Å². The molecule has 0 aromatic heterocycles. The highest BCUT2D eigenvalue weighted by molar-refractivity contribution is 5.88. The zero-order chi connectivity index (χ0) is 21.3. The van der Waals surface area contributed by atoms with Gasteiger partial charge in [-0.2, -0.15) is 0 Å². The van der Waals surface area contributed by atoms with Crippen molar-refractivity contribution in [3.63, 3.8) is 0 Å². The summed E-state index contributed by atoms with van der Waals surface area (Å²) in [4.78, 5) is 0. The fourth-order valence-electron chi connectivity index (χ4n) is 5.18. The maximum atomic E-state index is 2.31. The van der Waals surface area contributed by atoms with Crippen molar-refractivity contribution in [1.82, 2.24) is 0 Å². The fraction of sp³-hybridized carbons (Fsp3) is 0.0625. The van der Waals surface area contributed by atoms with E-state index in [4.69, 9.17) is 0 Å². The highest BCUT2D eigenvalue weighted by Crippen LogP contribution is 2.52. The number of rotatable bonds is 3. The standard InChI is InChI=1S/C32H24/c1-2-5-14-26(13-4-1)31-29-16-9-8-15-28(29)30-18-10-17-27(32(30)31)25-21-19-24(20-22-25)23-11-6-3-7-12-23/h1-13,15-22,31H,14H2. The number of hydrogen-bond acceptors (Lipinski definition) is 0. The van der Waals surface area contributed by atoms with Crippen molar-refractivity contribution in [2.24, 2.45) is 0 Å². The number of benzene rings is 4. The van der Waals surface area contributed by atoms with Gasteiger partial charge < -0.3 is 0 Å². The summed E-state index contributed by atoms with van der Waals surface area (Å²) in [6.07, 6.45) is 12.0. The van der Waals surface area contributed by atoms with Crippen LogP contribution in [0.2, 0.25) is 0 Å². The Bertz CT molecular complexity index is 1370. The van der Waals surface area contributed by atoms with Crippen LogP contribution in [0.25, 0.3) is 33.4 Å². The highest BCUT2D eigenvalue weighted by Gasteiger charge is 2.32. The van der Waals surface area contributed by atoms with Crippen LogP contribution in [0, 0.1) is 0 Å². The van der Waals surface area contributed by atoms with E-state index in [9.17, 15) is 0 Å². The van der Waals surface area contributed by atoms with Crippen molar-refractivity contribution in [3.8, 4) is 33.4 Å². The van der Waals surface area contributed by atoms with Gasteiger partial charge in [0.15, 0.2) is 0 Å². The van der Waals surface area contributed by atoms with Crippen molar-refractivity contribution >= 4 is 0 Å². The lowest BCUT2D eigenvalue weighted by atomic mass is 9.83. The van der Waals surface area contributed by atoms with Gasteiger partial charge in [-0.1, -0.05) is 133 Å². The minimum absolute atomic E-state index is 0.290. The van der Waals surface area contributed by atoms with Crippen LogP contribution in [0.3, 0.4) is 0 Å². The number of fused-ring (bicyclic) bond motifs is 3. The molecule has 6 rings (SSSR count). The van der Waals surface area contributed by atoms with Gasteiger partial charge in [0, 0.05) is 5.92 Å². The maximum absolute atomic E-state index is 2.31. The van der Waals surface area contributed by atoms with Crippen LogP contribution >= 0.6 is 0 Å². The molecule has 0 amide bonds. The second-order valence-electron chi connectivity index (χ2n) is 8.49. The molecule has 0 fully saturated rings. The summed E-state index contributed by atoms with van der Waals surface area (Å²) in [5.41, 5.74) is 12.2. The summed E-state index contributed by atoms with van der Waals surface area (Å²) in [7, 11) is 0. The minimum Gasteiger partial charge on any atom is -0.0804 e. The molecule has 0 saturated heterocycles. The summed E-state index contributed by atoms with van der Waals surface area (Å²) in [5, 5.41) is 0. The third-order valence-corrected chi connectivity index (χ3v) is 6.65. The van der Waals surface area contributed by atoms with Crippen LogP contribution < -0.4 is 0 Å². The molecule has 4 aromatic rings. The third-order valence-electron chi connectivity index (χ3n) is 6.65. The summed E-state index contributed by atoms with van der Waals surface area (Å²) in [5.74, 6) is 0.290. The van der Waals surface area contributed by atoms with E-state index in [1.54, 1.807) is 0 Å². The molecule has 0 aliphatic heterocycles. The first-order chi connectivity index (χ1) is 15.9. The lowest BCUT2D eigenvalue weighted by Gasteiger charge is -2.20. The lowest BCUT2D eigenvalue weighted by molar-refractivity contribution is 0.939. The topological polar surface area (TPSA) is 0 Å². The Morgan fingerprint density at radius 3 is 2.06 bits per heavy atom. The minimum atomic E-state index is 0.290. The lowest BCUT2D eigenvalue weighted by Crippen LogP contribution is -2.02. The molecule has 0 saturated carbocycles. The van der Waals surface area contributed by atoms with Gasteiger partial charge in [-0.15, -0.1) is 0 Å². The smallest absolute Gasteiger partial charge is 0.0323 e. The van der Waals surface area contributed by atoms with Crippen LogP contribution in [-0.2, 0) is 0 Å². The van der Waals surface area contributed by atoms with Gasteiger partial charge in [-0.3, -0.25) is 0 Å². The third kappa shape index (κ3) is 3.16. The van der Waals surface area contributed by atoms with Crippen molar-refractivity contribution in [1.29, 1.82) is 0 Å². The molecule has 152 valence electrons. The van der Waals surface area contributed by atoms with Crippen molar-refractivity contribution in [3.05, 3.63) is 144 Å². The molecule has 1 atom stereocenters. The van der Waals surface area contributed by atoms with Crippen LogP contribution in [0.4, 0.5) is 0 Å². The number of allylic oxidation sites excluding steroid dienone is 6. The molecule has 0 spiro atoms. The highest BCUT2D eigenvalue weighted by atomic mass is 14.4. The second-order valence-corrected chi connectivity index (χ2v) is 8.49. The zero-order valence-corrected chi connectivity index (χ0v) is 17.9. The van der Waals surface area contributed by atoms with Gasteiger partial charge in [0.1, 0.15) is 0 Å². The first-order valence-electron chi connectivity index (χ1n) is 11.3. The molecule has 0 nitrogen and oxygen atoms in total. The molecule has 0 bridgehead atoms. The van der Waals surface area contributed by atoms with E-state index in [-0.39, 0.29) is 0 Å². The van der Waals surface area contributed by atoms with E-state index in [1.165, 1.54) is 50.1 Å². The van der Waals surface area contributed by atoms with Gasteiger partial charge in [-0.05, 0) is 50.9 Å². The summed E-state index contributed by atoms with van der Waals surface area (Å²) in [6.45, 7) is 0. The van der Waals surface area contributed by atoms with Crippen molar-refractivity contribution in [2.45, 2.75) is 12.3 Å². The van der Waals surface area contributed by atoms with E-state index in [2.05, 4.69) is 127 Å². The largest absolute Gasteiger partial charge is 0.0804 e. The average molecular weight is 409 g/mol. The molecule has 2 aliphatic rings. The average Bonchev–Trinajstić information content (AvgIpc) is 2.99. The Labute approximate surface area is 189 Å². The molecule has 0 radical (unpaired) electrons. The van der Waals surface area contributed by atoms with Gasteiger partial charge >= 0.3 is 0 Å². The second kappa shape index (κ2) is 7.98. The Morgan fingerprint density at radius 1 is 0.500 bits per heavy atom. The summed E-state index contributed by atoms with van der Waals surface area (Å²) < 4.78 is 0. The maximum Gasteiger partial charge on any atom is 0.0323 e. The zero-order valence-electron chi connectivity index (χ0n) is 17.9. The van der Waals surface area contributed by atoms with Crippen molar-refractivity contribution in [2.75, 3.05) is 0 Å². The van der Waals surface area contributed by atoms with Gasteiger partial charge in [0.2, 0.25) is 0 Å². The Kier molecular flexibility index (Phi) is 4.70. The molecule has 32 heavy (non-hydrogen) atoms. The van der Waals surface area contributed by atoms with Crippen LogP contribution in [0.1, 0.15) is 23.5 Å². The molecule has 0 N–H and O–H groups in total. The monoisotopic (exact) mass is 408 g/mol. The van der Waals surface area contributed by atoms with Crippen LogP contribution in [0.15, 0.2) is 133 Å². The van der Waals surface area contributed by atoms with E-state index in [0.717, 1.165) is 6.42 Å². The molecular formula is C32H24. The summed E-state index contributed by atoms with van der Waals surface area (Å²) >= 11 is 0. The Hall–Kier alpha value is -3.90.